The van der Waals surface area contributed by atoms with E-state index in [9.17, 15) is 19.2 Å². The lowest BCUT2D eigenvalue weighted by molar-refractivity contribution is -0.143. The molecule has 0 aromatic rings. The lowest BCUT2D eigenvalue weighted by Crippen LogP contribution is -2.51. The third-order valence-corrected chi connectivity index (χ3v) is 2.01. The Morgan fingerprint density at radius 1 is 1.17 bits per heavy atom. The van der Waals surface area contributed by atoms with Crippen LogP contribution in [0.1, 0.15) is 19.8 Å². The van der Waals surface area contributed by atoms with Crippen molar-refractivity contribution >= 4 is 23.9 Å². The first-order valence-corrected chi connectivity index (χ1v) is 5.05. The normalized spacial score (nSPS) is 13.2. The van der Waals surface area contributed by atoms with Crippen LogP contribution in [0.2, 0.25) is 0 Å². The van der Waals surface area contributed by atoms with Gasteiger partial charge in [-0.05, 0) is 13.3 Å². The Balaban J connectivity index is 4.40. The summed E-state index contributed by atoms with van der Waals surface area (Å²) in [5.74, 6) is -3.28. The molecule has 0 aliphatic rings. The number of nitrogens with two attached hydrogens (primary N) is 1. The Hall–Kier alpha value is -2.32. The Morgan fingerprint density at radius 3 is 2.11 bits per heavy atom. The highest BCUT2D eigenvalue weighted by Crippen LogP contribution is 1.99. The predicted octanol–water partition coefficient (Wildman–Crippen LogP) is -1.52. The van der Waals surface area contributed by atoms with Gasteiger partial charge in [0.05, 0.1) is 0 Å². The summed E-state index contributed by atoms with van der Waals surface area (Å²) < 4.78 is 0. The molecule has 0 aliphatic carbocycles. The van der Waals surface area contributed by atoms with E-state index in [-0.39, 0.29) is 6.42 Å². The molecule has 1 unspecified atom stereocenters. The third-order valence-electron chi connectivity index (χ3n) is 2.01. The molecular weight excluding hydrogens is 246 g/mol. The van der Waals surface area contributed by atoms with Crippen molar-refractivity contribution in [2.45, 2.75) is 31.8 Å². The van der Waals surface area contributed by atoms with Crippen molar-refractivity contribution in [3.63, 3.8) is 0 Å². The molecule has 0 saturated heterocycles. The summed E-state index contributed by atoms with van der Waals surface area (Å²) in [6.07, 6.45) is -0.644. The Bertz CT molecular complexity index is 356. The molecule has 6 N–H and O–H groups in total. The van der Waals surface area contributed by atoms with Crippen molar-refractivity contribution < 1.29 is 29.4 Å². The number of rotatable bonds is 7. The molecule has 0 radical (unpaired) electrons. The molecule has 18 heavy (non-hydrogen) atoms. The molecule has 0 spiro atoms. The van der Waals surface area contributed by atoms with Crippen molar-refractivity contribution in [1.29, 1.82) is 0 Å². The molecule has 9 heteroatoms. The van der Waals surface area contributed by atoms with Gasteiger partial charge in [-0.15, -0.1) is 0 Å². The largest absolute Gasteiger partial charge is 0.481 e. The SMILES string of the molecule is CC(NC(N)=O)C(=O)N[C@@H](CCC(=O)O)C(=O)O. The van der Waals surface area contributed by atoms with E-state index in [4.69, 9.17) is 15.9 Å². The van der Waals surface area contributed by atoms with Crippen LogP contribution >= 0.6 is 0 Å². The number of aliphatic carboxylic acids is 2. The standard InChI is InChI=1S/C9H15N3O6/c1-4(11-9(10)18)7(15)12-5(8(16)17)2-3-6(13)14/h4-5H,2-3H2,1H3,(H,12,15)(H,13,14)(H,16,17)(H3,10,11,18)/t4?,5-/m0/s1. The van der Waals surface area contributed by atoms with Gasteiger partial charge in [-0.25, -0.2) is 9.59 Å². The minimum absolute atomic E-state index is 0.250. The van der Waals surface area contributed by atoms with E-state index in [0.717, 1.165) is 0 Å². The molecule has 0 heterocycles. The second-order valence-corrected chi connectivity index (χ2v) is 3.56. The molecule has 0 aromatic carbocycles. The van der Waals surface area contributed by atoms with Crippen molar-refractivity contribution in [3.8, 4) is 0 Å². The van der Waals surface area contributed by atoms with Gasteiger partial charge in [-0.1, -0.05) is 0 Å². The van der Waals surface area contributed by atoms with Crippen molar-refractivity contribution in [1.82, 2.24) is 10.6 Å². The molecule has 0 saturated carbocycles. The van der Waals surface area contributed by atoms with Crippen LogP contribution in [-0.2, 0) is 14.4 Å². The quantitative estimate of drug-likeness (QED) is 0.374. The minimum Gasteiger partial charge on any atom is -0.481 e. The number of nitrogens with one attached hydrogen (secondary N) is 2. The number of primary amides is 1. The summed E-state index contributed by atoms with van der Waals surface area (Å²) in [5, 5.41) is 21.4. The zero-order valence-corrected chi connectivity index (χ0v) is 9.67. The maximum Gasteiger partial charge on any atom is 0.326 e. The second-order valence-electron chi connectivity index (χ2n) is 3.56. The van der Waals surface area contributed by atoms with Gasteiger partial charge in [0, 0.05) is 6.42 Å². The predicted molar refractivity (Wildman–Crippen MR) is 58.6 cm³/mol. The number of carbonyl (C=O) groups is 4. The smallest absolute Gasteiger partial charge is 0.326 e. The number of hydrogen-bond acceptors (Lipinski definition) is 4. The van der Waals surface area contributed by atoms with Crippen molar-refractivity contribution in [2.75, 3.05) is 0 Å². The number of carbonyl (C=O) groups excluding carboxylic acids is 2. The number of amides is 3. The van der Waals surface area contributed by atoms with E-state index in [1.807, 2.05) is 0 Å². The fourth-order valence-corrected chi connectivity index (χ4v) is 1.10. The Labute approximate surface area is 102 Å². The van der Waals surface area contributed by atoms with Gasteiger partial charge < -0.3 is 26.6 Å². The molecule has 0 aromatic heterocycles. The molecule has 102 valence electrons. The van der Waals surface area contributed by atoms with E-state index in [1.54, 1.807) is 0 Å². The van der Waals surface area contributed by atoms with Gasteiger partial charge in [0.1, 0.15) is 12.1 Å². The first-order valence-electron chi connectivity index (χ1n) is 5.05. The van der Waals surface area contributed by atoms with Crippen LogP contribution < -0.4 is 16.4 Å². The maximum atomic E-state index is 11.4. The summed E-state index contributed by atoms with van der Waals surface area (Å²) in [5.41, 5.74) is 4.80. The van der Waals surface area contributed by atoms with Crippen LogP contribution in [0.4, 0.5) is 4.79 Å². The summed E-state index contributed by atoms with van der Waals surface area (Å²) in [7, 11) is 0. The fourth-order valence-electron chi connectivity index (χ4n) is 1.10. The Morgan fingerprint density at radius 2 is 1.72 bits per heavy atom. The van der Waals surface area contributed by atoms with E-state index < -0.39 is 42.4 Å². The van der Waals surface area contributed by atoms with Crippen LogP contribution in [0.25, 0.3) is 0 Å². The number of hydrogen-bond donors (Lipinski definition) is 5. The minimum atomic E-state index is -1.35. The molecule has 0 bridgehead atoms. The highest BCUT2D eigenvalue weighted by molar-refractivity contribution is 5.89. The summed E-state index contributed by atoms with van der Waals surface area (Å²) in [6, 6.07) is -3.25. The first-order chi connectivity index (χ1) is 8.23. The van der Waals surface area contributed by atoms with E-state index in [2.05, 4.69) is 10.6 Å². The molecule has 0 aliphatic heterocycles. The molecule has 2 atom stereocenters. The zero-order valence-electron chi connectivity index (χ0n) is 9.67. The highest BCUT2D eigenvalue weighted by Gasteiger charge is 2.23. The van der Waals surface area contributed by atoms with Gasteiger partial charge >= 0.3 is 18.0 Å². The first kappa shape index (κ1) is 15.7. The van der Waals surface area contributed by atoms with Crippen LogP contribution in [-0.4, -0.2) is 46.2 Å². The third kappa shape index (κ3) is 6.30. The summed E-state index contributed by atoms with van der Waals surface area (Å²) in [6.45, 7) is 1.32. The van der Waals surface area contributed by atoms with Crippen LogP contribution in [0.15, 0.2) is 0 Å². The van der Waals surface area contributed by atoms with Crippen molar-refractivity contribution in [2.24, 2.45) is 5.73 Å². The monoisotopic (exact) mass is 261 g/mol. The topological polar surface area (TPSA) is 159 Å². The van der Waals surface area contributed by atoms with Crippen LogP contribution in [0.5, 0.6) is 0 Å². The van der Waals surface area contributed by atoms with Crippen LogP contribution in [0, 0.1) is 0 Å². The Kier molecular flexibility index (Phi) is 6.18. The summed E-state index contributed by atoms with van der Waals surface area (Å²) in [4.78, 5) is 43.0. The average Bonchev–Trinajstić information content (AvgIpc) is 2.21. The maximum absolute atomic E-state index is 11.4. The number of carboxylic acids is 2. The molecule has 0 rings (SSSR count). The average molecular weight is 261 g/mol. The molecule has 3 amide bonds. The van der Waals surface area contributed by atoms with E-state index >= 15 is 0 Å². The van der Waals surface area contributed by atoms with E-state index in [1.165, 1.54) is 6.92 Å². The number of carboxylic acid groups (broad SMARTS) is 2. The summed E-state index contributed by atoms with van der Waals surface area (Å²) >= 11 is 0. The number of urea groups is 1. The molecule has 0 fully saturated rings. The van der Waals surface area contributed by atoms with Gasteiger partial charge in [0.2, 0.25) is 5.91 Å². The molecular formula is C9H15N3O6. The van der Waals surface area contributed by atoms with Crippen molar-refractivity contribution in [3.05, 3.63) is 0 Å². The van der Waals surface area contributed by atoms with Gasteiger partial charge in [0.15, 0.2) is 0 Å². The van der Waals surface area contributed by atoms with E-state index in [0.29, 0.717) is 0 Å². The van der Waals surface area contributed by atoms with Gasteiger partial charge in [0.25, 0.3) is 0 Å². The lowest BCUT2D eigenvalue weighted by atomic mass is 10.1. The lowest BCUT2D eigenvalue weighted by Gasteiger charge is -2.17. The molecule has 9 nitrogen and oxygen atoms in total. The second kappa shape index (κ2) is 7.09. The van der Waals surface area contributed by atoms with Crippen LogP contribution in [0.3, 0.4) is 0 Å². The highest BCUT2D eigenvalue weighted by atomic mass is 16.4. The zero-order chi connectivity index (χ0) is 14.3. The van der Waals surface area contributed by atoms with Gasteiger partial charge in [-0.3, -0.25) is 9.59 Å². The van der Waals surface area contributed by atoms with Gasteiger partial charge in [-0.2, -0.15) is 0 Å². The fraction of sp³-hybridized carbons (Fsp3) is 0.556.